The molecule has 0 aromatic heterocycles. The Bertz CT molecular complexity index is 741. The maximum atomic E-state index is 12.1. The van der Waals surface area contributed by atoms with Crippen molar-refractivity contribution in [3.05, 3.63) is 70.2 Å². The van der Waals surface area contributed by atoms with Crippen LogP contribution in [-0.2, 0) is 11.2 Å². The lowest BCUT2D eigenvalue weighted by Crippen LogP contribution is -2.24. The Morgan fingerprint density at radius 2 is 2.17 bits per heavy atom. The molecule has 0 aliphatic carbocycles. The molecule has 1 atom stereocenters. The molecule has 1 aromatic rings. The number of amides is 1. The van der Waals surface area contributed by atoms with Gasteiger partial charge in [0.05, 0.1) is 5.57 Å². The number of carbonyl (C=O) groups is 1. The van der Waals surface area contributed by atoms with Gasteiger partial charge in [0.15, 0.2) is 6.19 Å². The Labute approximate surface area is 146 Å². The molecule has 4 N–H and O–H groups in total. The lowest BCUT2D eigenvalue weighted by atomic mass is 9.99. The van der Waals surface area contributed by atoms with Crippen LogP contribution in [0.5, 0.6) is 0 Å². The number of rotatable bonds is 5. The number of carbonyl (C=O) groups excluding carboxylic acids is 1. The Kier molecular flexibility index (Phi) is 6.05. The molecule has 1 heterocycles. The van der Waals surface area contributed by atoms with Crippen LogP contribution in [0.25, 0.3) is 0 Å². The second-order valence-electron chi connectivity index (χ2n) is 5.39. The zero-order chi connectivity index (χ0) is 17.5. The first-order chi connectivity index (χ1) is 11.6. The van der Waals surface area contributed by atoms with E-state index in [1.807, 2.05) is 31.2 Å². The average molecular weight is 343 g/mol. The van der Waals surface area contributed by atoms with Crippen molar-refractivity contribution < 1.29 is 4.79 Å². The number of nitrogens with one attached hydrogen (secondary N) is 2. The highest BCUT2D eigenvalue weighted by Crippen LogP contribution is 2.28. The van der Waals surface area contributed by atoms with Crippen LogP contribution in [0.15, 0.2) is 59.6 Å². The third-order valence-corrected chi connectivity index (χ3v) is 4.04. The maximum Gasteiger partial charge on any atom is 0.266 e. The minimum atomic E-state index is -0.471. The summed E-state index contributed by atoms with van der Waals surface area (Å²) in [6, 6.07) is 7.64. The van der Waals surface area contributed by atoms with E-state index in [0.717, 1.165) is 23.4 Å². The standard InChI is InChI=1S/C18H19ClN4O/c1-2-13-10-15(9-12-3-5-14(19)6-4-12)23-17(13)16(7-8-20)18(24)22-11-21/h3-8,10,13,23H,2,9,20H2,1H3,(H,22,24)/b8-7-,17-16-. The number of nitrogens with zero attached hydrogens (tertiary/aromatic N) is 1. The summed E-state index contributed by atoms with van der Waals surface area (Å²) in [5.74, 6) is -0.399. The molecular formula is C18H19ClN4O. The molecule has 6 heteroatoms. The third kappa shape index (κ3) is 4.18. The van der Waals surface area contributed by atoms with Crippen LogP contribution in [0.1, 0.15) is 18.9 Å². The quantitative estimate of drug-likeness (QED) is 0.436. The van der Waals surface area contributed by atoms with Crippen molar-refractivity contribution in [1.29, 1.82) is 5.26 Å². The van der Waals surface area contributed by atoms with Crippen molar-refractivity contribution in [2.75, 3.05) is 0 Å². The summed E-state index contributed by atoms with van der Waals surface area (Å²) < 4.78 is 0. The van der Waals surface area contributed by atoms with Crippen LogP contribution in [0.3, 0.4) is 0 Å². The number of allylic oxidation sites excluding steroid dienone is 2. The molecule has 5 nitrogen and oxygen atoms in total. The molecule has 24 heavy (non-hydrogen) atoms. The number of hydrogen-bond acceptors (Lipinski definition) is 4. The largest absolute Gasteiger partial charge is 0.405 e. The van der Waals surface area contributed by atoms with Crippen LogP contribution < -0.4 is 16.4 Å². The second kappa shape index (κ2) is 8.23. The molecule has 1 amide bonds. The van der Waals surface area contributed by atoms with E-state index in [4.69, 9.17) is 22.6 Å². The van der Waals surface area contributed by atoms with Crippen molar-refractivity contribution in [2.45, 2.75) is 19.8 Å². The Morgan fingerprint density at radius 3 is 2.75 bits per heavy atom. The number of nitriles is 1. The summed E-state index contributed by atoms with van der Waals surface area (Å²) >= 11 is 5.91. The van der Waals surface area contributed by atoms with E-state index in [9.17, 15) is 4.79 Å². The summed E-state index contributed by atoms with van der Waals surface area (Å²) in [6.45, 7) is 2.04. The highest BCUT2D eigenvalue weighted by atomic mass is 35.5. The van der Waals surface area contributed by atoms with Crippen LogP contribution in [0, 0.1) is 17.4 Å². The predicted molar refractivity (Wildman–Crippen MR) is 94.3 cm³/mol. The van der Waals surface area contributed by atoms with E-state index >= 15 is 0 Å². The van der Waals surface area contributed by atoms with Gasteiger partial charge in [-0.15, -0.1) is 0 Å². The van der Waals surface area contributed by atoms with Crippen LogP contribution in [0.4, 0.5) is 0 Å². The Morgan fingerprint density at radius 1 is 1.46 bits per heavy atom. The fraction of sp³-hybridized carbons (Fsp3) is 0.222. The molecule has 1 aromatic carbocycles. The lowest BCUT2D eigenvalue weighted by Gasteiger charge is -2.13. The van der Waals surface area contributed by atoms with Gasteiger partial charge < -0.3 is 11.1 Å². The van der Waals surface area contributed by atoms with E-state index in [0.29, 0.717) is 17.0 Å². The molecule has 1 aliphatic heterocycles. The molecule has 1 unspecified atom stereocenters. The van der Waals surface area contributed by atoms with Gasteiger partial charge in [-0.2, -0.15) is 5.26 Å². The summed E-state index contributed by atoms with van der Waals surface area (Å²) in [7, 11) is 0. The molecule has 0 saturated heterocycles. The summed E-state index contributed by atoms with van der Waals surface area (Å²) in [4.78, 5) is 12.1. The minimum Gasteiger partial charge on any atom is -0.405 e. The molecule has 2 rings (SSSR count). The van der Waals surface area contributed by atoms with Gasteiger partial charge in [0, 0.05) is 28.8 Å². The van der Waals surface area contributed by atoms with Gasteiger partial charge in [-0.3, -0.25) is 10.1 Å². The zero-order valence-electron chi connectivity index (χ0n) is 13.3. The fourth-order valence-electron chi connectivity index (χ4n) is 2.65. The Balaban J connectivity index is 2.27. The van der Waals surface area contributed by atoms with E-state index < -0.39 is 5.91 Å². The lowest BCUT2D eigenvalue weighted by molar-refractivity contribution is -0.116. The molecule has 1 aliphatic rings. The normalized spacial score (nSPS) is 18.7. The van der Waals surface area contributed by atoms with E-state index in [1.54, 1.807) is 6.19 Å². The molecule has 0 radical (unpaired) electrons. The monoisotopic (exact) mass is 342 g/mol. The average Bonchev–Trinajstić information content (AvgIpc) is 2.97. The summed E-state index contributed by atoms with van der Waals surface area (Å²) in [5.41, 5.74) is 8.71. The molecule has 124 valence electrons. The van der Waals surface area contributed by atoms with Crippen molar-refractivity contribution in [3.8, 4) is 6.19 Å². The van der Waals surface area contributed by atoms with Crippen LogP contribution >= 0.6 is 11.6 Å². The van der Waals surface area contributed by atoms with Crippen LogP contribution in [-0.4, -0.2) is 5.91 Å². The van der Waals surface area contributed by atoms with Gasteiger partial charge in [0.2, 0.25) is 0 Å². The van der Waals surface area contributed by atoms with Crippen molar-refractivity contribution in [3.63, 3.8) is 0 Å². The number of nitrogens with two attached hydrogens (primary N) is 1. The van der Waals surface area contributed by atoms with E-state index in [1.165, 1.54) is 12.3 Å². The predicted octanol–water partition coefficient (Wildman–Crippen LogP) is 2.72. The molecular weight excluding hydrogens is 324 g/mol. The first kappa shape index (κ1) is 17.6. The van der Waals surface area contributed by atoms with Crippen molar-refractivity contribution >= 4 is 17.5 Å². The Hall–Kier alpha value is -2.71. The minimum absolute atomic E-state index is 0.0722. The fourth-order valence-corrected chi connectivity index (χ4v) is 2.78. The highest BCUT2D eigenvalue weighted by molar-refractivity contribution is 6.30. The first-order valence-corrected chi connectivity index (χ1v) is 8.00. The maximum absolute atomic E-state index is 12.1. The molecule has 0 spiro atoms. The molecule has 0 fully saturated rings. The zero-order valence-corrected chi connectivity index (χ0v) is 14.1. The summed E-state index contributed by atoms with van der Waals surface area (Å²) in [5, 5.41) is 14.8. The summed E-state index contributed by atoms with van der Waals surface area (Å²) in [6.07, 6.45) is 8.10. The van der Waals surface area contributed by atoms with Gasteiger partial charge in [-0.05, 0) is 36.4 Å². The van der Waals surface area contributed by atoms with Crippen LogP contribution in [0.2, 0.25) is 5.02 Å². The number of benzene rings is 1. The number of hydrogen-bond donors (Lipinski definition) is 3. The smallest absolute Gasteiger partial charge is 0.266 e. The highest BCUT2D eigenvalue weighted by Gasteiger charge is 2.25. The second-order valence-corrected chi connectivity index (χ2v) is 5.82. The molecule has 0 saturated carbocycles. The SMILES string of the molecule is CCC1C=C(Cc2ccc(Cl)cc2)N/C1=C(/C=C\N)C(=O)NC#N. The van der Waals surface area contributed by atoms with E-state index in [2.05, 4.69) is 16.7 Å². The topological polar surface area (TPSA) is 90.9 Å². The van der Waals surface area contributed by atoms with Gasteiger partial charge in [0.1, 0.15) is 0 Å². The number of halogens is 1. The van der Waals surface area contributed by atoms with E-state index in [-0.39, 0.29) is 5.92 Å². The van der Waals surface area contributed by atoms with Gasteiger partial charge in [-0.25, -0.2) is 0 Å². The third-order valence-electron chi connectivity index (χ3n) is 3.78. The van der Waals surface area contributed by atoms with Gasteiger partial charge >= 0.3 is 0 Å². The first-order valence-electron chi connectivity index (χ1n) is 7.63. The molecule has 0 bridgehead atoms. The van der Waals surface area contributed by atoms with Crippen molar-refractivity contribution in [1.82, 2.24) is 10.6 Å². The van der Waals surface area contributed by atoms with Crippen molar-refractivity contribution in [2.24, 2.45) is 11.7 Å². The van der Waals surface area contributed by atoms with Gasteiger partial charge in [0.25, 0.3) is 5.91 Å². The van der Waals surface area contributed by atoms with Gasteiger partial charge in [-0.1, -0.05) is 36.7 Å².